The summed E-state index contributed by atoms with van der Waals surface area (Å²) in [5.74, 6) is -1.42. The molecule has 0 spiro atoms. The van der Waals surface area contributed by atoms with Crippen LogP contribution in [-0.4, -0.2) is 10.8 Å². The van der Waals surface area contributed by atoms with E-state index >= 15 is 0 Å². The first kappa shape index (κ1) is 12.5. The standard InChI is InChI=1S/C15H9F2NO2/c1-8-12-5-10(16)2-3-13(12)20-15(8)14(19)9-4-11(17)7-18-6-9/h2-7H,1H3. The van der Waals surface area contributed by atoms with Gasteiger partial charge in [0, 0.05) is 22.7 Å². The van der Waals surface area contributed by atoms with E-state index in [9.17, 15) is 13.6 Å². The molecule has 3 nitrogen and oxygen atoms in total. The summed E-state index contributed by atoms with van der Waals surface area (Å²) >= 11 is 0. The molecular formula is C15H9F2NO2. The average molecular weight is 273 g/mol. The number of benzene rings is 1. The third-order valence-electron chi connectivity index (χ3n) is 3.07. The predicted molar refractivity (Wildman–Crippen MR) is 68.5 cm³/mol. The smallest absolute Gasteiger partial charge is 0.230 e. The molecule has 0 radical (unpaired) electrons. The van der Waals surface area contributed by atoms with Crippen LogP contribution in [0.5, 0.6) is 0 Å². The second-order valence-electron chi connectivity index (χ2n) is 4.42. The molecule has 0 unspecified atom stereocenters. The molecule has 0 fully saturated rings. The number of ketones is 1. The van der Waals surface area contributed by atoms with Crippen LogP contribution in [0.3, 0.4) is 0 Å². The summed E-state index contributed by atoms with van der Waals surface area (Å²) < 4.78 is 31.8. The summed E-state index contributed by atoms with van der Waals surface area (Å²) in [6, 6.07) is 5.10. The van der Waals surface area contributed by atoms with E-state index in [0.717, 1.165) is 12.3 Å². The molecule has 1 aromatic carbocycles. The fourth-order valence-corrected chi connectivity index (χ4v) is 2.08. The second-order valence-corrected chi connectivity index (χ2v) is 4.42. The Morgan fingerprint density at radius 3 is 2.70 bits per heavy atom. The Kier molecular flexibility index (Phi) is 2.82. The zero-order valence-corrected chi connectivity index (χ0v) is 10.5. The fourth-order valence-electron chi connectivity index (χ4n) is 2.08. The van der Waals surface area contributed by atoms with Crippen molar-refractivity contribution in [2.75, 3.05) is 0 Å². The zero-order valence-electron chi connectivity index (χ0n) is 10.5. The maximum absolute atomic E-state index is 13.2. The van der Waals surface area contributed by atoms with E-state index in [4.69, 9.17) is 4.42 Å². The third-order valence-corrected chi connectivity index (χ3v) is 3.07. The number of rotatable bonds is 2. The molecule has 0 aliphatic rings. The van der Waals surface area contributed by atoms with Gasteiger partial charge >= 0.3 is 0 Å². The van der Waals surface area contributed by atoms with E-state index in [-0.39, 0.29) is 11.3 Å². The quantitative estimate of drug-likeness (QED) is 0.669. The summed E-state index contributed by atoms with van der Waals surface area (Å²) in [5.41, 5.74) is 1.03. The number of fused-ring (bicyclic) bond motifs is 1. The molecule has 5 heteroatoms. The van der Waals surface area contributed by atoms with E-state index in [0.29, 0.717) is 16.5 Å². The lowest BCUT2D eigenvalue weighted by molar-refractivity contribution is 0.101. The van der Waals surface area contributed by atoms with Crippen LogP contribution in [-0.2, 0) is 0 Å². The molecule has 2 heterocycles. The number of nitrogens with zero attached hydrogens (tertiary/aromatic N) is 1. The summed E-state index contributed by atoms with van der Waals surface area (Å²) in [4.78, 5) is 15.9. The normalized spacial score (nSPS) is 10.9. The van der Waals surface area contributed by atoms with Crippen LogP contribution >= 0.6 is 0 Å². The highest BCUT2D eigenvalue weighted by Crippen LogP contribution is 2.27. The van der Waals surface area contributed by atoms with Crippen LogP contribution in [0.1, 0.15) is 21.7 Å². The molecular weight excluding hydrogens is 264 g/mol. The largest absolute Gasteiger partial charge is 0.452 e. The summed E-state index contributed by atoms with van der Waals surface area (Å²) in [6.45, 7) is 1.66. The van der Waals surface area contributed by atoms with Crippen LogP contribution in [0.15, 0.2) is 41.1 Å². The number of aryl methyl sites for hydroxylation is 1. The Bertz CT molecular complexity index is 824. The molecule has 100 valence electrons. The van der Waals surface area contributed by atoms with Crippen molar-refractivity contribution >= 4 is 16.8 Å². The fraction of sp³-hybridized carbons (Fsp3) is 0.0667. The molecule has 0 atom stereocenters. The second kappa shape index (κ2) is 4.52. The van der Waals surface area contributed by atoms with Gasteiger partial charge in [0.15, 0.2) is 5.76 Å². The maximum atomic E-state index is 13.2. The van der Waals surface area contributed by atoms with Crippen molar-refractivity contribution in [2.45, 2.75) is 6.92 Å². The maximum Gasteiger partial charge on any atom is 0.230 e. The van der Waals surface area contributed by atoms with Crippen molar-refractivity contribution in [1.82, 2.24) is 4.98 Å². The Labute approximate surface area is 112 Å². The average Bonchev–Trinajstić information content (AvgIpc) is 2.75. The molecule has 3 aromatic rings. The lowest BCUT2D eigenvalue weighted by Gasteiger charge is -1.98. The van der Waals surface area contributed by atoms with Crippen molar-refractivity contribution in [2.24, 2.45) is 0 Å². The van der Waals surface area contributed by atoms with Gasteiger partial charge in [0.25, 0.3) is 0 Å². The number of hydrogen-bond acceptors (Lipinski definition) is 3. The molecule has 0 aliphatic carbocycles. The summed E-state index contributed by atoms with van der Waals surface area (Å²) in [5, 5.41) is 0.526. The van der Waals surface area contributed by atoms with Gasteiger partial charge < -0.3 is 4.42 Å². The minimum Gasteiger partial charge on any atom is -0.452 e. The summed E-state index contributed by atoms with van der Waals surface area (Å²) in [7, 11) is 0. The third kappa shape index (κ3) is 1.97. The molecule has 20 heavy (non-hydrogen) atoms. The van der Waals surface area contributed by atoms with Crippen molar-refractivity contribution < 1.29 is 18.0 Å². The van der Waals surface area contributed by atoms with Crippen LogP contribution in [0.2, 0.25) is 0 Å². The Balaban J connectivity index is 2.15. The lowest BCUT2D eigenvalue weighted by atomic mass is 10.1. The van der Waals surface area contributed by atoms with E-state index in [2.05, 4.69) is 4.98 Å². The van der Waals surface area contributed by atoms with Crippen molar-refractivity contribution in [3.05, 3.63) is 65.2 Å². The van der Waals surface area contributed by atoms with Crippen LogP contribution in [0, 0.1) is 18.6 Å². The molecule has 2 aromatic heterocycles. The van der Waals surface area contributed by atoms with Crippen molar-refractivity contribution in [3.8, 4) is 0 Å². The van der Waals surface area contributed by atoms with E-state index in [1.54, 1.807) is 6.92 Å². The highest BCUT2D eigenvalue weighted by atomic mass is 19.1. The van der Waals surface area contributed by atoms with Gasteiger partial charge in [-0.15, -0.1) is 0 Å². The lowest BCUT2D eigenvalue weighted by Crippen LogP contribution is -2.02. The Hall–Kier alpha value is -2.56. The number of furan rings is 1. The number of carbonyl (C=O) groups excluding carboxylic acids is 1. The van der Waals surface area contributed by atoms with E-state index in [1.807, 2.05) is 0 Å². The van der Waals surface area contributed by atoms with Gasteiger partial charge in [-0.2, -0.15) is 0 Å². The molecule has 0 aliphatic heterocycles. The van der Waals surface area contributed by atoms with Crippen molar-refractivity contribution in [3.63, 3.8) is 0 Å². The van der Waals surface area contributed by atoms with Crippen LogP contribution in [0.4, 0.5) is 8.78 Å². The number of halogens is 2. The molecule has 0 N–H and O–H groups in total. The van der Waals surface area contributed by atoms with Gasteiger partial charge in [-0.1, -0.05) is 0 Å². The van der Waals surface area contributed by atoms with Gasteiger partial charge in [-0.05, 0) is 31.2 Å². The van der Waals surface area contributed by atoms with E-state index < -0.39 is 17.4 Å². The highest BCUT2D eigenvalue weighted by molar-refractivity contribution is 6.10. The van der Waals surface area contributed by atoms with Gasteiger partial charge in [0.2, 0.25) is 5.78 Å². The van der Waals surface area contributed by atoms with Crippen molar-refractivity contribution in [1.29, 1.82) is 0 Å². The highest BCUT2D eigenvalue weighted by Gasteiger charge is 2.20. The van der Waals surface area contributed by atoms with Crippen LogP contribution in [0.25, 0.3) is 11.0 Å². The predicted octanol–water partition coefficient (Wildman–Crippen LogP) is 3.65. The van der Waals surface area contributed by atoms with E-state index in [1.165, 1.54) is 24.4 Å². The van der Waals surface area contributed by atoms with Gasteiger partial charge in [0.1, 0.15) is 17.2 Å². The number of hydrogen-bond donors (Lipinski definition) is 0. The zero-order chi connectivity index (χ0) is 14.3. The molecule has 0 saturated heterocycles. The topological polar surface area (TPSA) is 43.1 Å². The first-order valence-corrected chi connectivity index (χ1v) is 5.90. The number of pyridine rings is 1. The van der Waals surface area contributed by atoms with Gasteiger partial charge in [-0.25, -0.2) is 8.78 Å². The number of aromatic nitrogens is 1. The molecule has 0 saturated carbocycles. The monoisotopic (exact) mass is 273 g/mol. The first-order valence-electron chi connectivity index (χ1n) is 5.90. The molecule has 0 bridgehead atoms. The van der Waals surface area contributed by atoms with Gasteiger partial charge in [-0.3, -0.25) is 9.78 Å². The minimum atomic E-state index is -0.601. The minimum absolute atomic E-state index is 0.0676. The summed E-state index contributed by atoms with van der Waals surface area (Å²) in [6.07, 6.45) is 2.27. The SMILES string of the molecule is Cc1c(C(=O)c2cncc(F)c2)oc2ccc(F)cc12. The Morgan fingerprint density at radius 2 is 1.95 bits per heavy atom. The van der Waals surface area contributed by atoms with Crippen LogP contribution < -0.4 is 0 Å². The Morgan fingerprint density at radius 1 is 1.15 bits per heavy atom. The first-order chi connectivity index (χ1) is 9.56. The number of carbonyl (C=O) groups is 1. The van der Waals surface area contributed by atoms with Gasteiger partial charge in [0.05, 0.1) is 6.20 Å². The molecule has 3 rings (SSSR count). The molecule has 0 amide bonds.